The Hall–Kier alpha value is -2.12. The average Bonchev–Trinajstić information content (AvgIpc) is 2.36. The van der Waals surface area contributed by atoms with Crippen LogP contribution in [0.3, 0.4) is 0 Å². The highest BCUT2D eigenvalue weighted by Crippen LogP contribution is 1.98. The molecule has 0 aromatic rings. The molecule has 0 fully saturated rings. The van der Waals surface area contributed by atoms with Gasteiger partial charge in [0.2, 0.25) is 11.8 Å². The van der Waals surface area contributed by atoms with E-state index in [0.29, 0.717) is 6.42 Å². The van der Waals surface area contributed by atoms with Gasteiger partial charge in [0.1, 0.15) is 6.04 Å². The normalized spacial score (nSPS) is 11.4. The van der Waals surface area contributed by atoms with E-state index < -0.39 is 23.9 Å². The van der Waals surface area contributed by atoms with Gasteiger partial charge in [-0.2, -0.15) is 0 Å². The third kappa shape index (κ3) is 8.90. The number of hydrogen-bond acceptors (Lipinski definition) is 4. The van der Waals surface area contributed by atoms with Gasteiger partial charge in [-0.25, -0.2) is 4.79 Å². The van der Waals surface area contributed by atoms with Crippen LogP contribution in [-0.4, -0.2) is 46.6 Å². The summed E-state index contributed by atoms with van der Waals surface area (Å²) in [6.45, 7) is 1.83. The minimum atomic E-state index is -1.19. The maximum absolute atomic E-state index is 11.4. The first-order valence-electron chi connectivity index (χ1n) is 6.37. The molecule has 4 N–H and O–H groups in total. The summed E-state index contributed by atoms with van der Waals surface area (Å²) in [7, 11) is 0. The second kappa shape index (κ2) is 9.76. The van der Waals surface area contributed by atoms with Gasteiger partial charge in [0.05, 0.1) is 0 Å². The van der Waals surface area contributed by atoms with Gasteiger partial charge in [0.15, 0.2) is 0 Å². The van der Waals surface area contributed by atoms with Gasteiger partial charge in [-0.3, -0.25) is 14.4 Å². The van der Waals surface area contributed by atoms with Crippen molar-refractivity contribution in [3.05, 3.63) is 0 Å². The molecule has 0 aromatic heterocycles. The van der Waals surface area contributed by atoms with Gasteiger partial charge in [-0.1, -0.05) is 6.92 Å². The number of carbonyl (C=O) groups excluding carboxylic acids is 2. The molecule has 0 heterocycles. The summed E-state index contributed by atoms with van der Waals surface area (Å²) in [6, 6.07) is -1.09. The van der Waals surface area contributed by atoms with Crippen LogP contribution in [0.2, 0.25) is 0 Å². The second-order valence-electron chi connectivity index (χ2n) is 4.20. The van der Waals surface area contributed by atoms with Crippen LogP contribution in [0, 0.1) is 0 Å². The van der Waals surface area contributed by atoms with Crippen molar-refractivity contribution in [3.63, 3.8) is 0 Å². The number of rotatable bonds is 10. The van der Waals surface area contributed by atoms with Crippen LogP contribution in [0.25, 0.3) is 0 Å². The zero-order valence-corrected chi connectivity index (χ0v) is 11.3. The zero-order chi connectivity index (χ0) is 15.5. The number of carboxylic acid groups (broad SMARTS) is 2. The first-order chi connectivity index (χ1) is 9.36. The quantitative estimate of drug-likeness (QED) is 0.437. The first kappa shape index (κ1) is 17.9. The Morgan fingerprint density at radius 3 is 2.20 bits per heavy atom. The van der Waals surface area contributed by atoms with Crippen LogP contribution < -0.4 is 10.6 Å². The molecule has 0 bridgehead atoms. The van der Waals surface area contributed by atoms with E-state index in [9.17, 15) is 19.2 Å². The number of aliphatic carboxylic acids is 2. The third-order valence-corrected chi connectivity index (χ3v) is 2.50. The van der Waals surface area contributed by atoms with E-state index in [-0.39, 0.29) is 38.1 Å². The smallest absolute Gasteiger partial charge is 0.326 e. The molecule has 8 nitrogen and oxygen atoms in total. The fourth-order valence-electron chi connectivity index (χ4n) is 1.40. The molecule has 0 unspecified atom stereocenters. The molecule has 8 heteroatoms. The van der Waals surface area contributed by atoms with Gasteiger partial charge < -0.3 is 20.8 Å². The summed E-state index contributed by atoms with van der Waals surface area (Å²) in [4.78, 5) is 43.6. The van der Waals surface area contributed by atoms with Gasteiger partial charge in [0.25, 0.3) is 0 Å². The second-order valence-corrected chi connectivity index (χ2v) is 4.20. The molecule has 0 saturated carbocycles. The van der Waals surface area contributed by atoms with Crippen molar-refractivity contribution < 1.29 is 29.4 Å². The van der Waals surface area contributed by atoms with Crippen LogP contribution >= 0.6 is 0 Å². The average molecular weight is 288 g/mol. The molecule has 2 amide bonds. The molecule has 0 aliphatic rings. The van der Waals surface area contributed by atoms with Crippen molar-refractivity contribution in [2.45, 2.75) is 45.1 Å². The van der Waals surface area contributed by atoms with Crippen molar-refractivity contribution in [2.75, 3.05) is 6.54 Å². The van der Waals surface area contributed by atoms with Crippen molar-refractivity contribution in [1.29, 1.82) is 0 Å². The fraction of sp³-hybridized carbons (Fsp3) is 0.667. The van der Waals surface area contributed by atoms with E-state index in [4.69, 9.17) is 10.2 Å². The predicted octanol–water partition coefficient (Wildman–Crippen LogP) is -0.273. The standard InChI is InChI=1S/C12H20N2O6/c1-2-9(15)13-7-6-8(12(19)20)14-10(16)4-3-5-11(17)18/h8H,2-7H2,1H3,(H,13,15)(H,14,16)(H,17,18)(H,19,20)/t8-/m1/s1. The fourth-order valence-corrected chi connectivity index (χ4v) is 1.40. The summed E-state index contributed by atoms with van der Waals surface area (Å²) >= 11 is 0. The van der Waals surface area contributed by atoms with Crippen molar-refractivity contribution in [1.82, 2.24) is 10.6 Å². The number of hydrogen-bond donors (Lipinski definition) is 4. The molecule has 0 saturated heterocycles. The SMILES string of the molecule is CCC(=O)NCC[C@@H](NC(=O)CCCC(=O)O)C(=O)O. The Bertz CT molecular complexity index is 369. The summed E-state index contributed by atoms with van der Waals surface area (Å²) in [5.41, 5.74) is 0. The Balaban J connectivity index is 4.06. The highest BCUT2D eigenvalue weighted by atomic mass is 16.4. The summed E-state index contributed by atoms with van der Waals surface area (Å²) in [5.74, 6) is -2.90. The van der Waals surface area contributed by atoms with Crippen LogP contribution in [0.1, 0.15) is 39.0 Å². The topological polar surface area (TPSA) is 133 Å². The predicted molar refractivity (Wildman–Crippen MR) is 69.0 cm³/mol. The number of carboxylic acids is 2. The lowest BCUT2D eigenvalue weighted by atomic mass is 10.1. The number of nitrogens with one attached hydrogen (secondary N) is 2. The molecule has 0 spiro atoms. The van der Waals surface area contributed by atoms with Gasteiger partial charge in [0, 0.05) is 25.8 Å². The molecular formula is C12H20N2O6. The van der Waals surface area contributed by atoms with E-state index in [1.165, 1.54) is 0 Å². The Morgan fingerprint density at radius 1 is 1.05 bits per heavy atom. The summed E-state index contributed by atoms with van der Waals surface area (Å²) < 4.78 is 0. The molecule has 0 rings (SSSR count). The van der Waals surface area contributed by atoms with E-state index in [0.717, 1.165) is 0 Å². The largest absolute Gasteiger partial charge is 0.481 e. The molecule has 0 radical (unpaired) electrons. The number of carbonyl (C=O) groups is 4. The zero-order valence-electron chi connectivity index (χ0n) is 11.3. The Kier molecular flexibility index (Phi) is 8.73. The minimum absolute atomic E-state index is 0.0442. The lowest BCUT2D eigenvalue weighted by Crippen LogP contribution is -2.43. The van der Waals surface area contributed by atoms with Crippen molar-refractivity contribution in [3.8, 4) is 0 Å². The number of amides is 2. The highest BCUT2D eigenvalue weighted by Gasteiger charge is 2.19. The van der Waals surface area contributed by atoms with Crippen LogP contribution in [-0.2, 0) is 19.2 Å². The Labute approximate surface area is 116 Å². The monoisotopic (exact) mass is 288 g/mol. The molecule has 0 aromatic carbocycles. The van der Waals surface area contributed by atoms with Crippen molar-refractivity contribution in [2.24, 2.45) is 0 Å². The van der Waals surface area contributed by atoms with Crippen molar-refractivity contribution >= 4 is 23.8 Å². The van der Waals surface area contributed by atoms with E-state index in [2.05, 4.69) is 10.6 Å². The van der Waals surface area contributed by atoms with Crippen LogP contribution in [0.4, 0.5) is 0 Å². The van der Waals surface area contributed by atoms with Gasteiger partial charge >= 0.3 is 11.9 Å². The lowest BCUT2D eigenvalue weighted by molar-refractivity contribution is -0.142. The molecule has 20 heavy (non-hydrogen) atoms. The molecule has 0 aliphatic heterocycles. The molecular weight excluding hydrogens is 268 g/mol. The van der Waals surface area contributed by atoms with Gasteiger partial charge in [-0.05, 0) is 12.8 Å². The van der Waals surface area contributed by atoms with Crippen LogP contribution in [0.15, 0.2) is 0 Å². The van der Waals surface area contributed by atoms with Crippen LogP contribution in [0.5, 0.6) is 0 Å². The summed E-state index contributed by atoms with van der Waals surface area (Å²) in [5, 5.41) is 22.2. The maximum atomic E-state index is 11.4. The third-order valence-electron chi connectivity index (χ3n) is 2.50. The van der Waals surface area contributed by atoms with E-state index in [1.54, 1.807) is 6.92 Å². The lowest BCUT2D eigenvalue weighted by Gasteiger charge is -2.14. The molecule has 114 valence electrons. The minimum Gasteiger partial charge on any atom is -0.481 e. The molecule has 0 aliphatic carbocycles. The first-order valence-corrected chi connectivity index (χ1v) is 6.37. The molecule has 1 atom stereocenters. The van der Waals surface area contributed by atoms with E-state index in [1.807, 2.05) is 0 Å². The highest BCUT2D eigenvalue weighted by molar-refractivity contribution is 5.83. The van der Waals surface area contributed by atoms with E-state index >= 15 is 0 Å². The van der Waals surface area contributed by atoms with Gasteiger partial charge in [-0.15, -0.1) is 0 Å². The summed E-state index contributed by atoms with van der Waals surface area (Å²) in [6.07, 6.45) is 0.347. The maximum Gasteiger partial charge on any atom is 0.326 e. The Morgan fingerprint density at radius 2 is 1.70 bits per heavy atom.